The highest BCUT2D eigenvalue weighted by molar-refractivity contribution is 7.13. The third kappa shape index (κ3) is 2.93. The van der Waals surface area contributed by atoms with E-state index in [-0.39, 0.29) is 5.91 Å². The van der Waals surface area contributed by atoms with Gasteiger partial charge in [0.05, 0.1) is 0 Å². The zero-order valence-electron chi connectivity index (χ0n) is 9.13. The van der Waals surface area contributed by atoms with Gasteiger partial charge in [0, 0.05) is 50.7 Å². The molecule has 6 heteroatoms. The SMILES string of the molecule is NC(=O)CCN1CCN(c2nccs2)CC1. The Morgan fingerprint density at radius 2 is 2.19 bits per heavy atom. The lowest BCUT2D eigenvalue weighted by molar-refractivity contribution is -0.118. The predicted molar refractivity (Wildman–Crippen MR) is 64.6 cm³/mol. The fraction of sp³-hybridized carbons (Fsp3) is 0.600. The number of amides is 1. The Morgan fingerprint density at radius 1 is 1.44 bits per heavy atom. The molecule has 1 aromatic rings. The van der Waals surface area contributed by atoms with Crippen LogP contribution < -0.4 is 10.6 Å². The number of nitrogens with zero attached hydrogens (tertiary/aromatic N) is 3. The Hall–Kier alpha value is -1.14. The van der Waals surface area contributed by atoms with E-state index >= 15 is 0 Å². The van der Waals surface area contributed by atoms with Crippen molar-refractivity contribution in [2.45, 2.75) is 6.42 Å². The highest BCUT2D eigenvalue weighted by Crippen LogP contribution is 2.18. The van der Waals surface area contributed by atoms with Crippen LogP contribution in [-0.2, 0) is 4.79 Å². The van der Waals surface area contributed by atoms with E-state index in [1.807, 2.05) is 11.6 Å². The molecule has 1 fully saturated rings. The fourth-order valence-corrected chi connectivity index (χ4v) is 2.50. The van der Waals surface area contributed by atoms with E-state index < -0.39 is 0 Å². The molecule has 2 rings (SSSR count). The molecule has 0 radical (unpaired) electrons. The number of nitrogens with two attached hydrogens (primary N) is 1. The normalized spacial score (nSPS) is 17.6. The summed E-state index contributed by atoms with van der Waals surface area (Å²) in [5.41, 5.74) is 5.13. The lowest BCUT2D eigenvalue weighted by Gasteiger charge is -2.34. The molecule has 1 saturated heterocycles. The molecule has 1 aromatic heterocycles. The van der Waals surface area contributed by atoms with Gasteiger partial charge in [0.1, 0.15) is 0 Å². The average molecular weight is 240 g/mol. The minimum atomic E-state index is -0.220. The van der Waals surface area contributed by atoms with Crippen molar-refractivity contribution in [3.8, 4) is 0 Å². The Labute approximate surface area is 98.9 Å². The molecular formula is C10H16N4OS. The van der Waals surface area contributed by atoms with Crippen molar-refractivity contribution in [2.75, 3.05) is 37.6 Å². The van der Waals surface area contributed by atoms with Crippen LogP contribution in [0.4, 0.5) is 5.13 Å². The summed E-state index contributed by atoms with van der Waals surface area (Å²) in [6.45, 7) is 4.69. The van der Waals surface area contributed by atoms with Crippen LogP contribution in [0, 0.1) is 0 Å². The van der Waals surface area contributed by atoms with Gasteiger partial charge in [-0.25, -0.2) is 4.98 Å². The molecule has 0 atom stereocenters. The molecule has 16 heavy (non-hydrogen) atoms. The predicted octanol–water partition coefficient (Wildman–Crippen LogP) is 0.141. The number of piperazine rings is 1. The van der Waals surface area contributed by atoms with Gasteiger partial charge in [-0.2, -0.15) is 0 Å². The van der Waals surface area contributed by atoms with Gasteiger partial charge in [0.15, 0.2) is 5.13 Å². The first-order chi connectivity index (χ1) is 7.75. The first-order valence-electron chi connectivity index (χ1n) is 5.41. The topological polar surface area (TPSA) is 62.5 Å². The lowest BCUT2D eigenvalue weighted by atomic mass is 10.3. The second-order valence-corrected chi connectivity index (χ2v) is 4.73. The van der Waals surface area contributed by atoms with Crippen molar-refractivity contribution in [3.05, 3.63) is 11.6 Å². The minimum Gasteiger partial charge on any atom is -0.370 e. The van der Waals surface area contributed by atoms with Crippen molar-refractivity contribution >= 4 is 22.4 Å². The highest BCUT2D eigenvalue weighted by Gasteiger charge is 2.18. The van der Waals surface area contributed by atoms with Crippen LogP contribution >= 0.6 is 11.3 Å². The molecule has 1 aliphatic heterocycles. The molecule has 1 amide bonds. The summed E-state index contributed by atoms with van der Waals surface area (Å²) in [5, 5.41) is 3.09. The monoisotopic (exact) mass is 240 g/mol. The van der Waals surface area contributed by atoms with Crippen LogP contribution in [0.2, 0.25) is 0 Å². The van der Waals surface area contributed by atoms with Crippen LogP contribution in [0.5, 0.6) is 0 Å². The van der Waals surface area contributed by atoms with E-state index in [4.69, 9.17) is 5.73 Å². The number of thiazole rings is 1. The minimum absolute atomic E-state index is 0.220. The largest absolute Gasteiger partial charge is 0.370 e. The first kappa shape index (κ1) is 11.3. The van der Waals surface area contributed by atoms with E-state index in [2.05, 4.69) is 14.8 Å². The maximum atomic E-state index is 10.7. The van der Waals surface area contributed by atoms with Crippen molar-refractivity contribution in [2.24, 2.45) is 5.73 Å². The molecule has 88 valence electrons. The van der Waals surface area contributed by atoms with Gasteiger partial charge < -0.3 is 10.6 Å². The second-order valence-electron chi connectivity index (χ2n) is 3.86. The van der Waals surface area contributed by atoms with Gasteiger partial charge in [-0.05, 0) is 0 Å². The Kier molecular flexibility index (Phi) is 3.74. The zero-order chi connectivity index (χ0) is 11.4. The van der Waals surface area contributed by atoms with E-state index in [9.17, 15) is 4.79 Å². The summed E-state index contributed by atoms with van der Waals surface area (Å²) in [4.78, 5) is 19.5. The molecule has 5 nitrogen and oxygen atoms in total. The summed E-state index contributed by atoms with van der Waals surface area (Å²) in [6, 6.07) is 0. The number of carbonyl (C=O) groups is 1. The maximum Gasteiger partial charge on any atom is 0.218 e. The molecular weight excluding hydrogens is 224 g/mol. The summed E-state index contributed by atoms with van der Waals surface area (Å²) >= 11 is 1.67. The maximum absolute atomic E-state index is 10.7. The first-order valence-corrected chi connectivity index (χ1v) is 6.29. The fourth-order valence-electron chi connectivity index (χ4n) is 1.80. The van der Waals surface area contributed by atoms with Crippen molar-refractivity contribution < 1.29 is 4.79 Å². The van der Waals surface area contributed by atoms with E-state index in [0.717, 1.165) is 37.9 Å². The number of anilines is 1. The summed E-state index contributed by atoms with van der Waals surface area (Å²) in [5.74, 6) is -0.220. The Morgan fingerprint density at radius 3 is 2.75 bits per heavy atom. The highest BCUT2D eigenvalue weighted by atomic mass is 32.1. The van der Waals surface area contributed by atoms with Crippen LogP contribution in [0.1, 0.15) is 6.42 Å². The molecule has 1 aliphatic rings. The van der Waals surface area contributed by atoms with E-state index in [1.54, 1.807) is 11.3 Å². The number of rotatable bonds is 4. The van der Waals surface area contributed by atoms with Crippen molar-refractivity contribution in [1.29, 1.82) is 0 Å². The summed E-state index contributed by atoms with van der Waals surface area (Å²) in [6.07, 6.45) is 2.29. The molecule has 2 heterocycles. The number of hydrogen-bond donors (Lipinski definition) is 1. The lowest BCUT2D eigenvalue weighted by Crippen LogP contribution is -2.47. The van der Waals surface area contributed by atoms with E-state index in [1.165, 1.54) is 0 Å². The van der Waals surface area contributed by atoms with Crippen molar-refractivity contribution in [1.82, 2.24) is 9.88 Å². The van der Waals surface area contributed by atoms with E-state index in [0.29, 0.717) is 6.42 Å². The zero-order valence-corrected chi connectivity index (χ0v) is 9.95. The van der Waals surface area contributed by atoms with Gasteiger partial charge in [-0.1, -0.05) is 0 Å². The molecule has 0 bridgehead atoms. The van der Waals surface area contributed by atoms with Gasteiger partial charge in [-0.15, -0.1) is 11.3 Å². The standard InChI is InChI=1S/C10H16N4OS/c11-9(15)1-3-13-4-6-14(7-5-13)10-12-2-8-16-10/h2,8H,1,3-7H2,(H2,11,15). The van der Waals surface area contributed by atoms with Gasteiger partial charge in [0.25, 0.3) is 0 Å². The summed E-state index contributed by atoms with van der Waals surface area (Å²) < 4.78 is 0. The summed E-state index contributed by atoms with van der Waals surface area (Å²) in [7, 11) is 0. The number of primary amides is 1. The number of hydrogen-bond acceptors (Lipinski definition) is 5. The molecule has 0 spiro atoms. The van der Waals surface area contributed by atoms with Gasteiger partial charge in [0.2, 0.25) is 5.91 Å². The van der Waals surface area contributed by atoms with Gasteiger partial charge >= 0.3 is 0 Å². The van der Waals surface area contributed by atoms with Crippen LogP contribution in [0.15, 0.2) is 11.6 Å². The molecule has 0 unspecified atom stereocenters. The smallest absolute Gasteiger partial charge is 0.218 e. The van der Waals surface area contributed by atoms with Crippen LogP contribution in [-0.4, -0.2) is 48.5 Å². The van der Waals surface area contributed by atoms with Gasteiger partial charge in [-0.3, -0.25) is 9.69 Å². The third-order valence-electron chi connectivity index (χ3n) is 2.74. The molecule has 0 aromatic carbocycles. The number of carbonyl (C=O) groups excluding carboxylic acids is 1. The van der Waals surface area contributed by atoms with Crippen LogP contribution in [0.3, 0.4) is 0 Å². The second kappa shape index (κ2) is 5.27. The molecule has 0 aliphatic carbocycles. The molecule has 0 saturated carbocycles. The van der Waals surface area contributed by atoms with Crippen LogP contribution in [0.25, 0.3) is 0 Å². The van der Waals surface area contributed by atoms with Crippen molar-refractivity contribution in [3.63, 3.8) is 0 Å². The quantitative estimate of drug-likeness (QED) is 0.813. The third-order valence-corrected chi connectivity index (χ3v) is 3.57. The average Bonchev–Trinajstić information content (AvgIpc) is 2.80. The Balaban J connectivity index is 1.76. The molecule has 2 N–H and O–H groups in total. The Bertz CT molecular complexity index is 333. The number of aromatic nitrogens is 1.